The second-order valence-corrected chi connectivity index (χ2v) is 5.27. The molecule has 0 fully saturated rings. The summed E-state index contributed by atoms with van der Waals surface area (Å²) in [6, 6.07) is 0. The van der Waals surface area contributed by atoms with Crippen LogP contribution in [0, 0.1) is 5.41 Å². The fourth-order valence-corrected chi connectivity index (χ4v) is 2.35. The lowest BCUT2D eigenvalue weighted by molar-refractivity contribution is 0.319. The van der Waals surface area contributed by atoms with Crippen LogP contribution in [0.5, 0.6) is 0 Å². The maximum Gasteiger partial charge on any atom is -0.0225 e. The lowest BCUT2D eigenvalue weighted by Gasteiger charge is -2.31. The van der Waals surface area contributed by atoms with Crippen molar-refractivity contribution in [3.8, 4) is 0 Å². The average molecular weight is 188 g/mol. The molecular formula is C14H20. The highest BCUT2D eigenvalue weighted by Crippen LogP contribution is 2.39. The fraction of sp³-hybridized carbons (Fsp3) is 0.571. The second kappa shape index (κ2) is 3.76. The third-order valence-electron chi connectivity index (χ3n) is 3.29. The highest BCUT2D eigenvalue weighted by molar-refractivity contribution is 5.37. The van der Waals surface area contributed by atoms with Crippen molar-refractivity contribution >= 4 is 0 Å². The van der Waals surface area contributed by atoms with Gasteiger partial charge in [-0.25, -0.2) is 0 Å². The van der Waals surface area contributed by atoms with Gasteiger partial charge in [-0.15, -0.1) is 0 Å². The van der Waals surface area contributed by atoms with E-state index in [1.54, 1.807) is 11.1 Å². The first-order chi connectivity index (χ1) is 6.67. The van der Waals surface area contributed by atoms with Gasteiger partial charge in [-0.2, -0.15) is 0 Å². The van der Waals surface area contributed by atoms with E-state index in [-0.39, 0.29) is 0 Å². The zero-order chi connectivity index (χ0) is 10.0. The highest BCUT2D eigenvalue weighted by atomic mass is 14.3. The average Bonchev–Trinajstić information content (AvgIpc) is 2.07. The van der Waals surface area contributed by atoms with E-state index in [0.717, 1.165) is 0 Å². The molecule has 0 aliphatic heterocycles. The van der Waals surface area contributed by atoms with E-state index in [1.165, 1.54) is 32.1 Å². The van der Waals surface area contributed by atoms with Gasteiger partial charge in [0.15, 0.2) is 0 Å². The minimum atomic E-state index is 0.510. The molecule has 0 spiro atoms. The van der Waals surface area contributed by atoms with Crippen molar-refractivity contribution in [1.29, 1.82) is 0 Å². The molecule has 0 aromatic heterocycles. The maximum absolute atomic E-state index is 2.38. The molecule has 0 atom stereocenters. The van der Waals surface area contributed by atoms with E-state index in [1.807, 2.05) is 0 Å². The molecule has 0 radical (unpaired) electrons. The van der Waals surface area contributed by atoms with Crippen molar-refractivity contribution in [2.75, 3.05) is 0 Å². The van der Waals surface area contributed by atoms with Crippen LogP contribution >= 0.6 is 0 Å². The van der Waals surface area contributed by atoms with Crippen molar-refractivity contribution < 1.29 is 0 Å². The van der Waals surface area contributed by atoms with Gasteiger partial charge in [0.2, 0.25) is 0 Å². The van der Waals surface area contributed by atoms with Gasteiger partial charge in [-0.1, -0.05) is 38.2 Å². The van der Waals surface area contributed by atoms with E-state index in [2.05, 4.69) is 38.2 Å². The number of hydrogen-bond acceptors (Lipinski definition) is 0. The van der Waals surface area contributed by atoms with Crippen LogP contribution in [-0.4, -0.2) is 0 Å². The molecule has 0 heteroatoms. The number of hydrogen-bond donors (Lipinski definition) is 0. The van der Waals surface area contributed by atoms with Gasteiger partial charge in [-0.05, 0) is 48.7 Å². The first kappa shape index (κ1) is 9.76. The van der Waals surface area contributed by atoms with Crippen molar-refractivity contribution in [1.82, 2.24) is 0 Å². The van der Waals surface area contributed by atoms with E-state index >= 15 is 0 Å². The molecule has 14 heavy (non-hydrogen) atoms. The van der Waals surface area contributed by atoms with Gasteiger partial charge in [0.25, 0.3) is 0 Å². The van der Waals surface area contributed by atoms with Gasteiger partial charge in [0, 0.05) is 0 Å². The Bertz CT molecular complexity index is 300. The molecule has 0 amide bonds. The molecule has 0 nitrogen and oxygen atoms in total. The topological polar surface area (TPSA) is 0 Å². The lowest BCUT2D eigenvalue weighted by Crippen LogP contribution is -2.17. The summed E-state index contributed by atoms with van der Waals surface area (Å²) in [4.78, 5) is 0. The monoisotopic (exact) mass is 188 g/mol. The van der Waals surface area contributed by atoms with Gasteiger partial charge >= 0.3 is 0 Å². The van der Waals surface area contributed by atoms with Crippen molar-refractivity contribution in [2.45, 2.75) is 46.0 Å². The minimum Gasteiger partial charge on any atom is -0.0839 e. The molecule has 0 heterocycles. The van der Waals surface area contributed by atoms with Crippen LogP contribution in [0.25, 0.3) is 0 Å². The Balaban J connectivity index is 2.28. The minimum absolute atomic E-state index is 0.510. The van der Waals surface area contributed by atoms with Crippen LogP contribution in [-0.2, 0) is 0 Å². The standard InChI is InChI=1S/C14H20/c1-14(2)10-9-12-7-5-3-4-6-8-13(12)11-14/h5-8H,3-4,9-11H2,1-2H3/b7-5-,8-6+. The Morgan fingerprint density at radius 1 is 1.00 bits per heavy atom. The summed E-state index contributed by atoms with van der Waals surface area (Å²) < 4.78 is 0. The van der Waals surface area contributed by atoms with Crippen LogP contribution in [0.4, 0.5) is 0 Å². The molecule has 0 aromatic carbocycles. The zero-order valence-corrected chi connectivity index (χ0v) is 9.34. The molecular weight excluding hydrogens is 168 g/mol. The molecule has 0 bridgehead atoms. The summed E-state index contributed by atoms with van der Waals surface area (Å²) in [6.07, 6.45) is 15.6. The third-order valence-corrected chi connectivity index (χ3v) is 3.29. The predicted octanol–water partition coefficient (Wildman–Crippen LogP) is 4.40. The van der Waals surface area contributed by atoms with Gasteiger partial charge < -0.3 is 0 Å². The van der Waals surface area contributed by atoms with Crippen LogP contribution in [0.1, 0.15) is 46.0 Å². The van der Waals surface area contributed by atoms with Crippen LogP contribution in [0.2, 0.25) is 0 Å². The Hall–Kier alpha value is -0.780. The molecule has 76 valence electrons. The Kier molecular flexibility index (Phi) is 2.62. The molecule has 0 saturated heterocycles. The van der Waals surface area contributed by atoms with Crippen molar-refractivity contribution in [3.05, 3.63) is 35.5 Å². The summed E-state index contributed by atoms with van der Waals surface area (Å²) in [7, 11) is 0. The molecule has 0 aromatic rings. The summed E-state index contributed by atoms with van der Waals surface area (Å²) in [5.41, 5.74) is 3.67. The van der Waals surface area contributed by atoms with Gasteiger partial charge in [0.1, 0.15) is 0 Å². The predicted molar refractivity (Wildman–Crippen MR) is 62.2 cm³/mol. The third kappa shape index (κ3) is 2.17. The molecule has 0 N–H and O–H groups in total. The first-order valence-electron chi connectivity index (χ1n) is 5.72. The van der Waals surface area contributed by atoms with E-state index in [9.17, 15) is 0 Å². The zero-order valence-electron chi connectivity index (χ0n) is 9.34. The van der Waals surface area contributed by atoms with Crippen molar-refractivity contribution in [3.63, 3.8) is 0 Å². The maximum atomic E-state index is 2.38. The SMILES string of the molecule is CC1(C)CCC2=C(/C=C/CC/C=C\2)C1. The Labute approximate surface area is 87.4 Å². The number of allylic oxidation sites excluding steroid dienone is 6. The molecule has 2 aliphatic carbocycles. The van der Waals surface area contributed by atoms with E-state index in [0.29, 0.717) is 5.41 Å². The van der Waals surface area contributed by atoms with Gasteiger partial charge in [0.05, 0.1) is 0 Å². The molecule has 2 rings (SSSR count). The summed E-state index contributed by atoms with van der Waals surface area (Å²) in [5.74, 6) is 0. The normalized spacial score (nSPS) is 30.1. The quantitative estimate of drug-likeness (QED) is 0.528. The number of rotatable bonds is 0. The smallest absolute Gasteiger partial charge is 0.0225 e. The Morgan fingerprint density at radius 3 is 2.36 bits per heavy atom. The summed E-state index contributed by atoms with van der Waals surface area (Å²) >= 11 is 0. The molecule has 0 saturated carbocycles. The van der Waals surface area contributed by atoms with Gasteiger partial charge in [-0.3, -0.25) is 0 Å². The fourth-order valence-electron chi connectivity index (χ4n) is 2.35. The van der Waals surface area contributed by atoms with E-state index in [4.69, 9.17) is 0 Å². The van der Waals surface area contributed by atoms with Crippen molar-refractivity contribution in [2.24, 2.45) is 5.41 Å². The van der Waals surface area contributed by atoms with E-state index < -0.39 is 0 Å². The van der Waals surface area contributed by atoms with Crippen LogP contribution in [0.3, 0.4) is 0 Å². The molecule has 2 aliphatic rings. The van der Waals surface area contributed by atoms with Crippen LogP contribution < -0.4 is 0 Å². The highest BCUT2D eigenvalue weighted by Gasteiger charge is 2.24. The Morgan fingerprint density at radius 2 is 1.64 bits per heavy atom. The lowest BCUT2D eigenvalue weighted by atomic mass is 9.74. The largest absolute Gasteiger partial charge is 0.0839 e. The van der Waals surface area contributed by atoms with Crippen LogP contribution in [0.15, 0.2) is 35.5 Å². The first-order valence-corrected chi connectivity index (χ1v) is 5.72. The second-order valence-electron chi connectivity index (χ2n) is 5.27. The molecule has 0 unspecified atom stereocenters. The summed E-state index contributed by atoms with van der Waals surface area (Å²) in [5, 5.41) is 0. The summed E-state index contributed by atoms with van der Waals surface area (Å²) in [6.45, 7) is 4.76.